The van der Waals surface area contributed by atoms with E-state index in [4.69, 9.17) is 0 Å². The van der Waals surface area contributed by atoms with E-state index in [1.165, 1.54) is 4.16 Å². The number of benzene rings is 1. The van der Waals surface area contributed by atoms with Gasteiger partial charge in [-0.05, 0) is 0 Å². The van der Waals surface area contributed by atoms with Crippen molar-refractivity contribution in [3.05, 3.63) is 30.3 Å². The number of rotatable bonds is 0. The quantitative estimate of drug-likeness (QED) is 0.331. The van der Waals surface area contributed by atoms with E-state index in [1.807, 2.05) is 30.3 Å². The molecule has 0 fully saturated rings. The Morgan fingerprint density at radius 2 is 1.30 bits per heavy atom. The summed E-state index contributed by atoms with van der Waals surface area (Å²) < 4.78 is 1.21. The van der Waals surface area contributed by atoms with Crippen molar-refractivity contribution >= 4 is 14.1 Å². The van der Waals surface area contributed by atoms with Crippen LogP contribution in [0.1, 0.15) is 0 Å². The van der Waals surface area contributed by atoms with Gasteiger partial charge in [0.1, 0.15) is 0 Å². The minimum atomic E-state index is 0. The molecule has 10 heavy (non-hydrogen) atoms. The van der Waals surface area contributed by atoms with E-state index >= 15 is 0 Å². The number of hydrogen-bond acceptors (Lipinski definition) is 0. The molecular formula is C6H8Cl2PRh. The van der Waals surface area contributed by atoms with Gasteiger partial charge in [-0.2, -0.15) is 9.90 Å². The summed E-state index contributed by atoms with van der Waals surface area (Å²) in [4.78, 5) is 0. The van der Waals surface area contributed by atoms with Crippen molar-refractivity contribution in [1.82, 2.24) is 0 Å². The predicted molar refractivity (Wildman–Crippen MR) is 37.2 cm³/mol. The molecule has 4 heteroatoms. The van der Waals surface area contributed by atoms with Crippen molar-refractivity contribution in [2.24, 2.45) is 0 Å². The van der Waals surface area contributed by atoms with Crippen molar-refractivity contribution in [3.63, 3.8) is 0 Å². The number of hydrogen-bond donors (Lipinski definition) is 0. The fourth-order valence-corrected chi connectivity index (χ4v) is 0.721. The van der Waals surface area contributed by atoms with Crippen LogP contribution >= 0.6 is 9.90 Å². The molecule has 60 valence electrons. The van der Waals surface area contributed by atoms with E-state index < -0.39 is 0 Å². The fraction of sp³-hybridized carbons (Fsp3) is 0. The van der Waals surface area contributed by atoms with Gasteiger partial charge in [0.15, 0.2) is 0 Å². The van der Waals surface area contributed by atoms with Crippen LogP contribution in [-0.2, 0) is 18.3 Å². The topological polar surface area (TPSA) is 0 Å². The van der Waals surface area contributed by atoms with E-state index in [9.17, 15) is 0 Å². The van der Waals surface area contributed by atoms with Crippen LogP contribution in [0, 0.1) is 0 Å². The van der Waals surface area contributed by atoms with Crippen molar-refractivity contribution in [2.75, 3.05) is 0 Å². The summed E-state index contributed by atoms with van der Waals surface area (Å²) in [6, 6.07) is 10.1. The first kappa shape index (κ1) is 17.1. The zero-order chi connectivity index (χ0) is 5.11. The molecule has 1 aromatic rings. The summed E-state index contributed by atoms with van der Waals surface area (Å²) in [7, 11) is 0. The van der Waals surface area contributed by atoms with E-state index in [-0.39, 0.29) is 34.7 Å². The van der Waals surface area contributed by atoms with Gasteiger partial charge in [-0.15, -0.1) is 0 Å². The Balaban J connectivity index is -0.000000163. The Labute approximate surface area is 87.3 Å². The molecule has 0 saturated heterocycles. The molecule has 1 rings (SSSR count). The van der Waals surface area contributed by atoms with Gasteiger partial charge in [-0.3, -0.25) is 0 Å². The average molecular weight is 285 g/mol. The van der Waals surface area contributed by atoms with Gasteiger partial charge >= 0.3 is 52.8 Å². The van der Waals surface area contributed by atoms with E-state index in [0.29, 0.717) is 0 Å². The summed E-state index contributed by atoms with van der Waals surface area (Å²) in [6.07, 6.45) is 0. The maximum absolute atomic E-state index is 2.80. The van der Waals surface area contributed by atoms with Crippen LogP contribution < -0.4 is 29.0 Å². The summed E-state index contributed by atoms with van der Waals surface area (Å²) in [5.41, 5.74) is 0. The predicted octanol–water partition coefficient (Wildman–Crippen LogP) is -5.08. The van der Waals surface area contributed by atoms with Crippen molar-refractivity contribution in [1.29, 1.82) is 0 Å². The normalized spacial score (nSPS) is 6.10. The molecule has 0 nitrogen and oxygen atoms in total. The Hall–Kier alpha value is 0.853. The average Bonchev–Trinajstić information content (AvgIpc) is 1.69. The third-order valence-corrected chi connectivity index (χ3v) is 1.26. The first-order valence-corrected chi connectivity index (χ1v) is 2.90. The molecule has 0 N–H and O–H groups in total. The van der Waals surface area contributed by atoms with Crippen LogP contribution in [0.5, 0.6) is 0 Å². The SMILES string of the molecule is P.[Cl-].[Cl-].[Rh+2][c]1ccccc1. The fourth-order valence-electron chi connectivity index (χ4n) is 0.406. The van der Waals surface area contributed by atoms with Crippen LogP contribution in [0.15, 0.2) is 30.3 Å². The molecule has 0 aromatic heterocycles. The zero-order valence-electron chi connectivity index (χ0n) is 5.18. The molecule has 1 aromatic carbocycles. The summed E-state index contributed by atoms with van der Waals surface area (Å²) in [6.45, 7) is 0. The van der Waals surface area contributed by atoms with E-state index in [1.54, 1.807) is 0 Å². The molecule has 0 spiro atoms. The molecule has 1 atom stereocenters. The Morgan fingerprint density at radius 3 is 1.50 bits per heavy atom. The third kappa shape index (κ3) is 6.97. The molecule has 0 saturated carbocycles. The molecule has 0 aliphatic carbocycles. The van der Waals surface area contributed by atoms with Crippen LogP contribution in [-0.4, -0.2) is 0 Å². The molecule has 0 radical (unpaired) electrons. The second-order valence-electron chi connectivity index (χ2n) is 1.27. The first-order valence-electron chi connectivity index (χ1n) is 2.08. The van der Waals surface area contributed by atoms with Gasteiger partial charge in [0.2, 0.25) is 0 Å². The van der Waals surface area contributed by atoms with Crippen LogP contribution in [0.25, 0.3) is 0 Å². The van der Waals surface area contributed by atoms with Crippen LogP contribution in [0.3, 0.4) is 0 Å². The van der Waals surface area contributed by atoms with Crippen LogP contribution in [0.4, 0.5) is 0 Å². The van der Waals surface area contributed by atoms with Crippen molar-refractivity contribution in [3.8, 4) is 0 Å². The molecule has 0 aliphatic heterocycles. The zero-order valence-corrected chi connectivity index (χ0v) is 9.75. The van der Waals surface area contributed by atoms with Gasteiger partial charge in [0.25, 0.3) is 0 Å². The van der Waals surface area contributed by atoms with Crippen molar-refractivity contribution < 1.29 is 43.1 Å². The van der Waals surface area contributed by atoms with E-state index in [0.717, 1.165) is 0 Å². The monoisotopic (exact) mass is 284 g/mol. The van der Waals surface area contributed by atoms with Gasteiger partial charge in [0, 0.05) is 0 Å². The standard InChI is InChI=1S/C6H5.2ClH.H3P.Rh/c1-2-4-6-5-3-1;;;;/h1-5H;2*1H;1H3;/q;;;;+2/p-2. The Kier molecular flexibility index (Phi) is 16.8. The molecule has 0 heterocycles. The second-order valence-corrected chi connectivity index (χ2v) is 2.22. The second kappa shape index (κ2) is 9.85. The maximum atomic E-state index is 2.80. The van der Waals surface area contributed by atoms with Gasteiger partial charge < -0.3 is 24.8 Å². The van der Waals surface area contributed by atoms with Gasteiger partial charge in [-0.1, -0.05) is 0 Å². The van der Waals surface area contributed by atoms with Gasteiger partial charge in [-0.25, -0.2) is 0 Å². The summed E-state index contributed by atoms with van der Waals surface area (Å²) >= 11 is 2.80. The molecule has 1 unspecified atom stereocenters. The summed E-state index contributed by atoms with van der Waals surface area (Å²) in [5.74, 6) is 0. The Morgan fingerprint density at radius 1 is 0.900 bits per heavy atom. The summed E-state index contributed by atoms with van der Waals surface area (Å²) in [5, 5.41) is 0. The molecule has 0 bridgehead atoms. The third-order valence-electron chi connectivity index (χ3n) is 0.718. The van der Waals surface area contributed by atoms with Crippen molar-refractivity contribution in [2.45, 2.75) is 0 Å². The van der Waals surface area contributed by atoms with E-state index in [2.05, 4.69) is 18.3 Å². The molecule has 0 amide bonds. The first-order chi connectivity index (χ1) is 3.39. The van der Waals surface area contributed by atoms with Gasteiger partial charge in [0.05, 0.1) is 0 Å². The Bertz CT molecular complexity index is 146. The number of halogens is 2. The molecular weight excluding hydrogens is 277 g/mol. The minimum absolute atomic E-state index is 0. The molecule has 0 aliphatic rings. The van der Waals surface area contributed by atoms with Crippen LogP contribution in [0.2, 0.25) is 0 Å².